The third-order valence-electron chi connectivity index (χ3n) is 2.62. The van der Waals surface area contributed by atoms with E-state index in [4.69, 9.17) is 21.8 Å². The maximum absolute atomic E-state index is 11.9. The summed E-state index contributed by atoms with van der Waals surface area (Å²) >= 11 is 6.06. The molecule has 0 aliphatic carbocycles. The van der Waals surface area contributed by atoms with Gasteiger partial charge in [-0.2, -0.15) is 0 Å². The number of carbonyl (C=O) groups excluding carboxylic acids is 1. The Morgan fingerprint density at radius 2 is 2.00 bits per heavy atom. The molecule has 1 heterocycles. The molecule has 0 saturated carbocycles. The largest absolute Gasteiger partial charge is 0.451 e. The van der Waals surface area contributed by atoms with E-state index in [2.05, 4.69) is 0 Å². The first-order valence-electron chi connectivity index (χ1n) is 4.95. The van der Waals surface area contributed by atoms with E-state index in [1.807, 2.05) is 0 Å². The van der Waals surface area contributed by atoms with Crippen LogP contribution < -0.4 is 11.2 Å². The molecule has 2 aromatic rings. The highest BCUT2D eigenvalue weighted by Crippen LogP contribution is 2.27. The van der Waals surface area contributed by atoms with Crippen LogP contribution in [0, 0.1) is 13.8 Å². The fraction of sp³-hybridized carbons (Fsp3) is 0.167. The second-order valence-electron chi connectivity index (χ2n) is 3.84. The van der Waals surface area contributed by atoms with E-state index in [1.54, 1.807) is 19.9 Å². The quantitative estimate of drug-likeness (QED) is 0.844. The van der Waals surface area contributed by atoms with E-state index in [9.17, 15) is 9.59 Å². The third-order valence-corrected chi connectivity index (χ3v) is 3.20. The molecule has 1 aromatic carbocycles. The van der Waals surface area contributed by atoms with Crippen molar-refractivity contribution in [2.75, 3.05) is 0 Å². The summed E-state index contributed by atoms with van der Waals surface area (Å²) in [5.74, 6) is -0.919. The summed E-state index contributed by atoms with van der Waals surface area (Å²) in [6, 6.07) is 2.71. The van der Waals surface area contributed by atoms with Crippen LogP contribution >= 0.6 is 11.6 Å². The first-order valence-corrected chi connectivity index (χ1v) is 5.33. The predicted molar refractivity (Wildman–Crippen MR) is 65.5 cm³/mol. The number of rotatable bonds is 1. The van der Waals surface area contributed by atoms with Crippen LogP contribution in [-0.4, -0.2) is 5.91 Å². The summed E-state index contributed by atoms with van der Waals surface area (Å²) < 4.78 is 5.29. The van der Waals surface area contributed by atoms with Crippen LogP contribution in [0.3, 0.4) is 0 Å². The number of hydrogen-bond acceptors (Lipinski definition) is 3. The molecule has 4 nitrogen and oxygen atoms in total. The lowest BCUT2D eigenvalue weighted by Crippen LogP contribution is -2.15. The minimum atomic E-state index is -0.769. The van der Waals surface area contributed by atoms with Crippen molar-refractivity contribution in [2.45, 2.75) is 13.8 Å². The van der Waals surface area contributed by atoms with Gasteiger partial charge in [0.05, 0.1) is 5.39 Å². The summed E-state index contributed by atoms with van der Waals surface area (Å²) in [5, 5.41) is 0.905. The molecule has 0 radical (unpaired) electrons. The molecule has 0 aliphatic rings. The van der Waals surface area contributed by atoms with E-state index in [1.165, 1.54) is 0 Å². The molecule has 0 bridgehead atoms. The van der Waals surface area contributed by atoms with Gasteiger partial charge in [-0.3, -0.25) is 9.59 Å². The highest BCUT2D eigenvalue weighted by atomic mass is 35.5. The van der Waals surface area contributed by atoms with Gasteiger partial charge < -0.3 is 10.2 Å². The van der Waals surface area contributed by atoms with Crippen LogP contribution in [0.4, 0.5) is 0 Å². The van der Waals surface area contributed by atoms with Crippen LogP contribution in [0.2, 0.25) is 5.02 Å². The van der Waals surface area contributed by atoms with E-state index in [0.29, 0.717) is 21.6 Å². The number of benzene rings is 1. The lowest BCUT2D eigenvalue weighted by molar-refractivity contribution is 0.0974. The molecule has 0 fully saturated rings. The predicted octanol–water partition coefficient (Wildman–Crippen LogP) is 2.16. The SMILES string of the molecule is Cc1cc2oc(C(N)=O)cc(=O)c2c(C)c1Cl. The van der Waals surface area contributed by atoms with Gasteiger partial charge in [-0.25, -0.2) is 0 Å². The van der Waals surface area contributed by atoms with Crippen LogP contribution in [-0.2, 0) is 0 Å². The van der Waals surface area contributed by atoms with Crippen molar-refractivity contribution < 1.29 is 9.21 Å². The Balaban J connectivity index is 2.97. The van der Waals surface area contributed by atoms with Gasteiger partial charge in [0.15, 0.2) is 11.2 Å². The van der Waals surface area contributed by atoms with E-state index in [0.717, 1.165) is 11.6 Å². The minimum Gasteiger partial charge on any atom is -0.451 e. The molecule has 1 aromatic heterocycles. The Kier molecular flexibility index (Phi) is 2.67. The van der Waals surface area contributed by atoms with Crippen LogP contribution in [0.1, 0.15) is 21.7 Å². The number of hydrogen-bond donors (Lipinski definition) is 1. The second kappa shape index (κ2) is 3.89. The molecule has 0 spiro atoms. The number of fused-ring (bicyclic) bond motifs is 1. The first-order chi connectivity index (χ1) is 7.91. The molecule has 0 unspecified atom stereocenters. The standard InChI is InChI=1S/C12H10ClNO3/c1-5-3-8-10(6(2)11(5)13)7(15)4-9(17-8)12(14)16/h3-4H,1-2H3,(H2,14,16). The molecule has 0 aliphatic heterocycles. The fourth-order valence-corrected chi connectivity index (χ4v) is 1.92. The Bertz CT molecular complexity index is 688. The molecule has 2 rings (SSSR count). The molecule has 1 amide bonds. The number of amides is 1. The zero-order valence-electron chi connectivity index (χ0n) is 9.33. The highest BCUT2D eigenvalue weighted by Gasteiger charge is 2.14. The van der Waals surface area contributed by atoms with Crippen molar-refractivity contribution in [1.29, 1.82) is 0 Å². The van der Waals surface area contributed by atoms with Crippen molar-refractivity contribution in [3.63, 3.8) is 0 Å². The summed E-state index contributed by atoms with van der Waals surface area (Å²) in [5.41, 5.74) is 6.51. The smallest absolute Gasteiger partial charge is 0.284 e. The van der Waals surface area contributed by atoms with Crippen molar-refractivity contribution in [3.8, 4) is 0 Å². The van der Waals surface area contributed by atoms with Gasteiger partial charge in [-0.05, 0) is 31.0 Å². The lowest BCUT2D eigenvalue weighted by atomic mass is 10.1. The number of primary amides is 1. The van der Waals surface area contributed by atoms with Gasteiger partial charge in [0.2, 0.25) is 0 Å². The van der Waals surface area contributed by atoms with Gasteiger partial charge in [0.25, 0.3) is 5.91 Å². The van der Waals surface area contributed by atoms with Crippen molar-refractivity contribution >= 4 is 28.5 Å². The van der Waals surface area contributed by atoms with Crippen molar-refractivity contribution in [2.24, 2.45) is 5.73 Å². The number of carbonyl (C=O) groups is 1. The Labute approximate surface area is 102 Å². The van der Waals surface area contributed by atoms with Gasteiger partial charge >= 0.3 is 0 Å². The number of nitrogens with two attached hydrogens (primary N) is 1. The topological polar surface area (TPSA) is 73.3 Å². The molecular formula is C12H10ClNO3. The number of halogens is 1. The van der Waals surface area contributed by atoms with E-state index >= 15 is 0 Å². The molecule has 2 N–H and O–H groups in total. The van der Waals surface area contributed by atoms with Gasteiger partial charge in [-0.1, -0.05) is 11.6 Å². The lowest BCUT2D eigenvalue weighted by Gasteiger charge is -2.07. The third kappa shape index (κ3) is 1.80. The van der Waals surface area contributed by atoms with E-state index in [-0.39, 0.29) is 11.2 Å². The molecular weight excluding hydrogens is 242 g/mol. The summed E-state index contributed by atoms with van der Waals surface area (Å²) in [6.07, 6.45) is 0. The van der Waals surface area contributed by atoms with Gasteiger partial charge in [0, 0.05) is 11.1 Å². The first kappa shape index (κ1) is 11.7. The monoisotopic (exact) mass is 251 g/mol. The van der Waals surface area contributed by atoms with Crippen molar-refractivity contribution in [1.82, 2.24) is 0 Å². The fourth-order valence-electron chi connectivity index (χ4n) is 1.77. The van der Waals surface area contributed by atoms with Gasteiger partial charge in [0.1, 0.15) is 5.58 Å². The molecule has 0 saturated heterocycles. The number of aryl methyl sites for hydroxylation is 2. The van der Waals surface area contributed by atoms with Gasteiger partial charge in [-0.15, -0.1) is 0 Å². The van der Waals surface area contributed by atoms with Crippen LogP contribution in [0.5, 0.6) is 0 Å². The molecule has 17 heavy (non-hydrogen) atoms. The summed E-state index contributed by atoms with van der Waals surface area (Å²) in [4.78, 5) is 22.9. The minimum absolute atomic E-state index is 0.149. The summed E-state index contributed by atoms with van der Waals surface area (Å²) in [7, 11) is 0. The maximum atomic E-state index is 11.9. The van der Waals surface area contributed by atoms with Crippen molar-refractivity contribution in [3.05, 3.63) is 44.3 Å². The Morgan fingerprint density at radius 3 is 2.59 bits per heavy atom. The zero-order valence-corrected chi connectivity index (χ0v) is 10.1. The Hall–Kier alpha value is -1.81. The zero-order chi connectivity index (χ0) is 12.7. The average Bonchev–Trinajstić information content (AvgIpc) is 2.25. The molecule has 5 heteroatoms. The van der Waals surface area contributed by atoms with Crippen LogP contribution in [0.15, 0.2) is 21.3 Å². The molecule has 0 atom stereocenters. The Morgan fingerprint density at radius 1 is 1.35 bits per heavy atom. The normalized spacial score (nSPS) is 10.8. The average molecular weight is 252 g/mol. The maximum Gasteiger partial charge on any atom is 0.284 e. The van der Waals surface area contributed by atoms with E-state index < -0.39 is 5.91 Å². The summed E-state index contributed by atoms with van der Waals surface area (Å²) in [6.45, 7) is 3.53. The highest BCUT2D eigenvalue weighted by molar-refractivity contribution is 6.33. The van der Waals surface area contributed by atoms with Crippen LogP contribution in [0.25, 0.3) is 11.0 Å². The molecule has 88 valence electrons. The second-order valence-corrected chi connectivity index (χ2v) is 4.22.